The van der Waals surface area contributed by atoms with E-state index >= 15 is 0 Å². The maximum absolute atomic E-state index is 5.58. The minimum Gasteiger partial charge on any atom is -0.354 e. The molecule has 0 unspecified atom stereocenters. The first-order valence-electron chi connectivity index (χ1n) is 6.95. The lowest BCUT2D eigenvalue weighted by molar-refractivity contribution is 0.253. The molecular weight excluding hydrogens is 224 g/mol. The topological polar surface area (TPSA) is 45.4 Å². The molecule has 0 saturated carbocycles. The van der Waals surface area contributed by atoms with E-state index in [9.17, 15) is 0 Å². The van der Waals surface area contributed by atoms with Gasteiger partial charge in [-0.05, 0) is 24.6 Å². The van der Waals surface area contributed by atoms with Crippen LogP contribution < -0.4 is 10.6 Å². The molecule has 18 heavy (non-hydrogen) atoms. The van der Waals surface area contributed by atoms with Crippen LogP contribution >= 0.6 is 0 Å². The number of rotatable bonds is 5. The molecule has 0 aromatic carbocycles. The number of aromatic nitrogens is 1. The van der Waals surface area contributed by atoms with Gasteiger partial charge in [0.25, 0.3) is 0 Å². The van der Waals surface area contributed by atoms with Crippen molar-refractivity contribution < 1.29 is 0 Å². The van der Waals surface area contributed by atoms with Crippen molar-refractivity contribution >= 4 is 5.82 Å². The van der Waals surface area contributed by atoms with Crippen molar-refractivity contribution in [1.29, 1.82) is 0 Å². The van der Waals surface area contributed by atoms with Gasteiger partial charge < -0.3 is 10.6 Å². The normalized spacial score (nSPS) is 17.1. The molecule has 0 atom stereocenters. The highest BCUT2D eigenvalue weighted by molar-refractivity contribution is 5.39. The molecule has 1 aromatic rings. The van der Waals surface area contributed by atoms with Gasteiger partial charge in [0.05, 0.1) is 0 Å². The molecule has 1 aliphatic heterocycles. The van der Waals surface area contributed by atoms with Crippen molar-refractivity contribution in [2.75, 3.05) is 37.6 Å². The molecule has 1 saturated heterocycles. The zero-order chi connectivity index (χ0) is 12.8. The van der Waals surface area contributed by atoms with Gasteiger partial charge in [0, 0.05) is 38.9 Å². The van der Waals surface area contributed by atoms with Gasteiger partial charge in [0.1, 0.15) is 5.82 Å². The highest BCUT2D eigenvalue weighted by Crippen LogP contribution is 2.14. The van der Waals surface area contributed by atoms with Crippen LogP contribution in [0.3, 0.4) is 0 Å². The van der Waals surface area contributed by atoms with Crippen LogP contribution in [0.2, 0.25) is 0 Å². The zero-order valence-electron chi connectivity index (χ0n) is 11.3. The summed E-state index contributed by atoms with van der Waals surface area (Å²) < 4.78 is 0. The highest BCUT2D eigenvalue weighted by atomic mass is 15.3. The van der Waals surface area contributed by atoms with Gasteiger partial charge >= 0.3 is 0 Å². The molecular formula is C14H24N4. The van der Waals surface area contributed by atoms with Gasteiger partial charge in [-0.1, -0.05) is 19.4 Å². The maximum atomic E-state index is 5.58. The van der Waals surface area contributed by atoms with Gasteiger partial charge in [-0.3, -0.25) is 4.90 Å². The van der Waals surface area contributed by atoms with E-state index < -0.39 is 0 Å². The quantitative estimate of drug-likeness (QED) is 0.857. The molecule has 2 N–H and O–H groups in total. The Morgan fingerprint density at radius 3 is 2.56 bits per heavy atom. The second kappa shape index (κ2) is 6.71. The molecule has 4 nitrogen and oxygen atoms in total. The van der Waals surface area contributed by atoms with Gasteiger partial charge in [-0.2, -0.15) is 0 Å². The summed E-state index contributed by atoms with van der Waals surface area (Å²) in [4.78, 5) is 9.40. The molecule has 1 aromatic heterocycles. The fraction of sp³-hybridized carbons (Fsp3) is 0.643. The summed E-state index contributed by atoms with van der Waals surface area (Å²) in [5.41, 5.74) is 6.68. The summed E-state index contributed by atoms with van der Waals surface area (Å²) >= 11 is 0. The average Bonchev–Trinajstić information content (AvgIpc) is 2.46. The fourth-order valence-corrected chi connectivity index (χ4v) is 2.31. The number of nitrogens with two attached hydrogens (primary N) is 1. The van der Waals surface area contributed by atoms with Crippen molar-refractivity contribution in [3.63, 3.8) is 0 Å². The molecule has 1 aliphatic rings. The Labute approximate surface area is 110 Å². The molecule has 0 radical (unpaired) electrons. The number of unbranched alkanes of at least 4 members (excludes halogenated alkanes) is 1. The van der Waals surface area contributed by atoms with Crippen LogP contribution in [0.4, 0.5) is 5.82 Å². The minimum absolute atomic E-state index is 0.568. The maximum Gasteiger partial charge on any atom is 0.128 e. The third-order valence-electron chi connectivity index (χ3n) is 3.57. The molecule has 0 spiro atoms. The lowest BCUT2D eigenvalue weighted by Crippen LogP contribution is -2.46. The first kappa shape index (κ1) is 13.3. The summed E-state index contributed by atoms with van der Waals surface area (Å²) in [6.07, 6.45) is 4.48. The Hall–Kier alpha value is -1.13. The minimum atomic E-state index is 0.568. The number of hydrogen-bond donors (Lipinski definition) is 1. The van der Waals surface area contributed by atoms with E-state index in [1.165, 1.54) is 19.4 Å². The van der Waals surface area contributed by atoms with Gasteiger partial charge in [-0.15, -0.1) is 0 Å². The lowest BCUT2D eigenvalue weighted by Gasteiger charge is -2.35. The molecule has 4 heteroatoms. The number of nitrogens with zero attached hydrogens (tertiary/aromatic N) is 3. The standard InChI is InChI=1S/C14H24N4/c1-2-3-6-17-7-9-18(10-8-17)14-5-4-13(11-15)12-16-14/h4-5,12H,2-3,6-11,15H2,1H3. The summed E-state index contributed by atoms with van der Waals surface area (Å²) in [5.74, 6) is 1.09. The molecule has 0 bridgehead atoms. The van der Waals surface area contributed by atoms with Crippen molar-refractivity contribution in [1.82, 2.24) is 9.88 Å². The molecule has 2 rings (SSSR count). The van der Waals surface area contributed by atoms with Gasteiger partial charge in [0.15, 0.2) is 0 Å². The molecule has 100 valence electrons. The molecule has 2 heterocycles. The monoisotopic (exact) mass is 248 g/mol. The number of pyridine rings is 1. The van der Waals surface area contributed by atoms with E-state index in [0.29, 0.717) is 6.54 Å². The largest absolute Gasteiger partial charge is 0.354 e. The van der Waals surface area contributed by atoms with E-state index in [1.807, 2.05) is 6.20 Å². The Morgan fingerprint density at radius 2 is 2.00 bits per heavy atom. The van der Waals surface area contributed by atoms with Crippen LogP contribution in [0.5, 0.6) is 0 Å². The van der Waals surface area contributed by atoms with Crippen molar-refractivity contribution in [3.8, 4) is 0 Å². The Kier molecular flexibility index (Phi) is 4.96. The highest BCUT2D eigenvalue weighted by Gasteiger charge is 2.17. The predicted octanol–water partition coefficient (Wildman–Crippen LogP) is 1.46. The Morgan fingerprint density at radius 1 is 1.22 bits per heavy atom. The first-order chi connectivity index (χ1) is 8.83. The van der Waals surface area contributed by atoms with E-state index in [2.05, 4.69) is 33.8 Å². The number of anilines is 1. The number of hydrogen-bond acceptors (Lipinski definition) is 4. The van der Waals surface area contributed by atoms with Crippen molar-refractivity contribution in [2.24, 2.45) is 5.73 Å². The van der Waals surface area contributed by atoms with Gasteiger partial charge in [-0.25, -0.2) is 4.98 Å². The summed E-state index contributed by atoms with van der Waals surface area (Å²) in [6.45, 7) is 8.53. The van der Waals surface area contributed by atoms with Crippen LogP contribution in [0, 0.1) is 0 Å². The van der Waals surface area contributed by atoms with Crippen LogP contribution in [0.25, 0.3) is 0 Å². The van der Waals surface area contributed by atoms with Crippen LogP contribution in [-0.4, -0.2) is 42.6 Å². The fourth-order valence-electron chi connectivity index (χ4n) is 2.31. The van der Waals surface area contributed by atoms with Crippen molar-refractivity contribution in [2.45, 2.75) is 26.3 Å². The van der Waals surface area contributed by atoms with E-state index in [4.69, 9.17) is 5.73 Å². The van der Waals surface area contributed by atoms with Crippen LogP contribution in [0.15, 0.2) is 18.3 Å². The van der Waals surface area contributed by atoms with E-state index in [0.717, 1.165) is 37.6 Å². The van der Waals surface area contributed by atoms with Gasteiger partial charge in [0.2, 0.25) is 0 Å². The van der Waals surface area contributed by atoms with E-state index in [1.54, 1.807) is 0 Å². The zero-order valence-corrected chi connectivity index (χ0v) is 11.3. The second-order valence-electron chi connectivity index (χ2n) is 4.91. The van der Waals surface area contributed by atoms with E-state index in [-0.39, 0.29) is 0 Å². The van der Waals surface area contributed by atoms with Crippen molar-refractivity contribution in [3.05, 3.63) is 23.9 Å². The van der Waals surface area contributed by atoms with Crippen LogP contribution in [-0.2, 0) is 6.54 Å². The van der Waals surface area contributed by atoms with Crippen LogP contribution in [0.1, 0.15) is 25.3 Å². The summed E-state index contributed by atoms with van der Waals surface area (Å²) in [7, 11) is 0. The predicted molar refractivity (Wildman–Crippen MR) is 75.7 cm³/mol. The molecule has 0 aliphatic carbocycles. The third kappa shape index (κ3) is 3.43. The first-order valence-corrected chi connectivity index (χ1v) is 6.95. The summed E-state index contributed by atoms with van der Waals surface area (Å²) in [5, 5.41) is 0. The smallest absolute Gasteiger partial charge is 0.128 e. The Balaban J connectivity index is 1.84. The SMILES string of the molecule is CCCCN1CCN(c2ccc(CN)cn2)CC1. The molecule has 0 amide bonds. The number of piperazine rings is 1. The third-order valence-corrected chi connectivity index (χ3v) is 3.57. The summed E-state index contributed by atoms with van der Waals surface area (Å²) in [6, 6.07) is 4.16. The average molecular weight is 248 g/mol. The second-order valence-corrected chi connectivity index (χ2v) is 4.91. The molecule has 1 fully saturated rings. The Bertz CT molecular complexity index is 341. The lowest BCUT2D eigenvalue weighted by atomic mass is 10.2.